The molecule has 0 atom stereocenters. The average molecular weight is 446 g/mol. The fraction of sp³-hybridized carbons (Fsp3) is 0.133. The van der Waals surface area contributed by atoms with Crippen LogP contribution >= 0.6 is 44.1 Å². The number of rotatable bonds is 4. The second kappa shape index (κ2) is 7.80. The number of benzene rings is 2. The summed E-state index contributed by atoms with van der Waals surface area (Å²) in [6, 6.07) is 11.3. The summed E-state index contributed by atoms with van der Waals surface area (Å²) in [4.78, 5) is 0. The van der Waals surface area contributed by atoms with Crippen LogP contribution in [0.4, 0.5) is 11.4 Å². The maximum Gasteiger partial charge on any atom is 0.175 e. The highest BCUT2D eigenvalue weighted by Gasteiger charge is 2.08. The van der Waals surface area contributed by atoms with Gasteiger partial charge in [0.1, 0.15) is 11.5 Å². The van der Waals surface area contributed by atoms with Crippen molar-refractivity contribution >= 4 is 60.6 Å². The molecule has 0 saturated heterocycles. The summed E-state index contributed by atoms with van der Waals surface area (Å²) in [7, 11) is 3.22. The van der Waals surface area contributed by atoms with Gasteiger partial charge in [0.05, 0.1) is 25.6 Å². The molecule has 2 N–H and O–H groups in total. The predicted molar refractivity (Wildman–Crippen MR) is 101 cm³/mol. The van der Waals surface area contributed by atoms with E-state index in [0.717, 1.165) is 26.1 Å². The van der Waals surface area contributed by atoms with Crippen LogP contribution in [0.2, 0.25) is 0 Å². The van der Waals surface area contributed by atoms with Crippen molar-refractivity contribution in [3.8, 4) is 11.5 Å². The molecule has 0 bridgehead atoms. The number of anilines is 2. The zero-order valence-electron chi connectivity index (χ0n) is 11.9. The summed E-state index contributed by atoms with van der Waals surface area (Å²) >= 11 is 12.2. The van der Waals surface area contributed by atoms with Gasteiger partial charge in [-0.25, -0.2) is 0 Å². The van der Waals surface area contributed by atoms with E-state index in [0.29, 0.717) is 10.9 Å². The number of halogens is 2. The molecule has 22 heavy (non-hydrogen) atoms. The van der Waals surface area contributed by atoms with Gasteiger partial charge in [0.2, 0.25) is 0 Å². The molecular formula is C15H14Br2N2O2S. The van der Waals surface area contributed by atoms with Gasteiger partial charge in [-0.2, -0.15) is 0 Å². The Labute approximate surface area is 151 Å². The molecule has 4 nitrogen and oxygen atoms in total. The van der Waals surface area contributed by atoms with Crippen molar-refractivity contribution in [1.29, 1.82) is 0 Å². The summed E-state index contributed by atoms with van der Waals surface area (Å²) in [5, 5.41) is 6.69. The van der Waals surface area contributed by atoms with Gasteiger partial charge >= 0.3 is 0 Å². The maximum atomic E-state index is 5.35. The van der Waals surface area contributed by atoms with Crippen LogP contribution in [-0.4, -0.2) is 19.3 Å². The van der Waals surface area contributed by atoms with Crippen LogP contribution in [0.5, 0.6) is 11.5 Å². The average Bonchev–Trinajstić information content (AvgIpc) is 2.50. The monoisotopic (exact) mass is 444 g/mol. The lowest BCUT2D eigenvalue weighted by Gasteiger charge is -2.15. The third-order valence-corrected chi connectivity index (χ3v) is 4.19. The van der Waals surface area contributed by atoms with Crippen LogP contribution in [0.1, 0.15) is 0 Å². The minimum absolute atomic E-state index is 0.453. The molecule has 0 aromatic heterocycles. The molecule has 2 aromatic carbocycles. The van der Waals surface area contributed by atoms with Gasteiger partial charge in [0.25, 0.3) is 0 Å². The Hall–Kier alpha value is -1.31. The lowest BCUT2D eigenvalue weighted by atomic mass is 10.2. The van der Waals surface area contributed by atoms with Gasteiger partial charge in [-0.15, -0.1) is 0 Å². The normalized spacial score (nSPS) is 10.0. The van der Waals surface area contributed by atoms with E-state index < -0.39 is 0 Å². The minimum atomic E-state index is 0.453. The van der Waals surface area contributed by atoms with Crippen LogP contribution in [0.25, 0.3) is 0 Å². The fourth-order valence-corrected chi connectivity index (χ4v) is 3.14. The molecule has 0 heterocycles. The molecule has 0 aliphatic rings. The number of thiocarbonyl (C=S) groups is 1. The van der Waals surface area contributed by atoms with Crippen molar-refractivity contribution < 1.29 is 9.47 Å². The molecule has 0 aliphatic heterocycles. The van der Waals surface area contributed by atoms with E-state index in [1.807, 2.05) is 36.4 Å². The van der Waals surface area contributed by atoms with Crippen molar-refractivity contribution in [2.75, 3.05) is 24.9 Å². The van der Waals surface area contributed by atoms with Gasteiger partial charge in [-0.1, -0.05) is 15.9 Å². The molecule has 0 saturated carbocycles. The van der Waals surface area contributed by atoms with Crippen molar-refractivity contribution in [3.63, 3.8) is 0 Å². The summed E-state index contributed by atoms with van der Waals surface area (Å²) in [5.74, 6) is 1.40. The predicted octanol–water partition coefficient (Wildman–Crippen LogP) is 5.04. The molecule has 0 radical (unpaired) electrons. The quantitative estimate of drug-likeness (QED) is 0.645. The number of hydrogen-bond acceptors (Lipinski definition) is 3. The minimum Gasteiger partial charge on any atom is -0.497 e. The SMILES string of the molecule is COc1ccc(OC)c(NC(=S)Nc2ccc(Br)cc2Br)c1. The number of hydrogen-bond donors (Lipinski definition) is 2. The third-order valence-electron chi connectivity index (χ3n) is 2.83. The van der Waals surface area contributed by atoms with E-state index >= 15 is 0 Å². The first-order valence-corrected chi connectivity index (χ1v) is 8.28. The summed E-state index contributed by atoms with van der Waals surface area (Å²) < 4.78 is 12.4. The zero-order valence-corrected chi connectivity index (χ0v) is 15.9. The van der Waals surface area contributed by atoms with E-state index in [2.05, 4.69) is 42.5 Å². The van der Waals surface area contributed by atoms with Gasteiger partial charge in [-0.3, -0.25) is 0 Å². The Bertz CT molecular complexity index is 695. The van der Waals surface area contributed by atoms with Gasteiger partial charge < -0.3 is 20.1 Å². The molecule has 7 heteroatoms. The molecule has 0 unspecified atom stereocenters. The standard InChI is InChI=1S/C15H14Br2N2O2S/c1-20-10-4-6-14(21-2)13(8-10)19-15(22)18-12-5-3-9(16)7-11(12)17/h3-8H,1-2H3,(H2,18,19,22). The number of nitrogens with one attached hydrogen (secondary N) is 2. The zero-order chi connectivity index (χ0) is 16.1. The molecule has 0 spiro atoms. The van der Waals surface area contributed by atoms with Gasteiger partial charge in [-0.05, 0) is 58.5 Å². The highest BCUT2D eigenvalue weighted by atomic mass is 79.9. The summed E-state index contributed by atoms with van der Waals surface area (Å²) in [6.07, 6.45) is 0. The van der Waals surface area contributed by atoms with E-state index in [1.54, 1.807) is 14.2 Å². The molecule has 2 aromatic rings. The van der Waals surface area contributed by atoms with Crippen molar-refractivity contribution in [2.45, 2.75) is 0 Å². The third kappa shape index (κ3) is 4.34. The Morgan fingerprint density at radius 2 is 1.68 bits per heavy atom. The molecule has 0 aliphatic carbocycles. The van der Waals surface area contributed by atoms with Crippen LogP contribution in [0.3, 0.4) is 0 Å². The van der Waals surface area contributed by atoms with Crippen LogP contribution in [0, 0.1) is 0 Å². The second-order valence-corrected chi connectivity index (χ2v) is 6.45. The number of ether oxygens (including phenoxy) is 2. The first-order chi connectivity index (χ1) is 10.5. The highest BCUT2D eigenvalue weighted by Crippen LogP contribution is 2.30. The molecule has 0 amide bonds. The van der Waals surface area contributed by atoms with Crippen molar-refractivity contribution in [2.24, 2.45) is 0 Å². The Morgan fingerprint density at radius 3 is 2.32 bits per heavy atom. The van der Waals surface area contributed by atoms with E-state index in [-0.39, 0.29) is 0 Å². The number of methoxy groups -OCH3 is 2. The first kappa shape index (κ1) is 17.1. The van der Waals surface area contributed by atoms with Crippen molar-refractivity contribution in [3.05, 3.63) is 45.3 Å². The maximum absolute atomic E-state index is 5.35. The Morgan fingerprint density at radius 1 is 0.955 bits per heavy atom. The van der Waals surface area contributed by atoms with E-state index in [9.17, 15) is 0 Å². The molecule has 116 valence electrons. The highest BCUT2D eigenvalue weighted by molar-refractivity contribution is 9.11. The molecule has 2 rings (SSSR count). The van der Waals surface area contributed by atoms with Gasteiger partial charge in [0.15, 0.2) is 5.11 Å². The second-order valence-electron chi connectivity index (χ2n) is 4.27. The van der Waals surface area contributed by atoms with E-state index in [4.69, 9.17) is 21.7 Å². The fourth-order valence-electron chi connectivity index (χ4n) is 1.78. The Kier molecular flexibility index (Phi) is 6.05. The van der Waals surface area contributed by atoms with Crippen LogP contribution in [-0.2, 0) is 0 Å². The lowest BCUT2D eigenvalue weighted by molar-refractivity contribution is 0.405. The Balaban J connectivity index is 2.14. The van der Waals surface area contributed by atoms with Gasteiger partial charge in [0, 0.05) is 15.0 Å². The molecule has 0 fully saturated rings. The smallest absolute Gasteiger partial charge is 0.175 e. The summed E-state index contributed by atoms with van der Waals surface area (Å²) in [5.41, 5.74) is 1.59. The largest absolute Gasteiger partial charge is 0.497 e. The van der Waals surface area contributed by atoms with E-state index in [1.165, 1.54) is 0 Å². The summed E-state index contributed by atoms with van der Waals surface area (Å²) in [6.45, 7) is 0. The topological polar surface area (TPSA) is 42.5 Å². The van der Waals surface area contributed by atoms with Crippen LogP contribution < -0.4 is 20.1 Å². The lowest BCUT2D eigenvalue weighted by Crippen LogP contribution is -2.19. The first-order valence-electron chi connectivity index (χ1n) is 6.28. The van der Waals surface area contributed by atoms with Crippen molar-refractivity contribution in [1.82, 2.24) is 0 Å². The van der Waals surface area contributed by atoms with Crippen LogP contribution in [0.15, 0.2) is 45.3 Å². The molecular weight excluding hydrogens is 432 g/mol.